The van der Waals surface area contributed by atoms with Gasteiger partial charge in [-0.2, -0.15) is 0 Å². The Morgan fingerprint density at radius 3 is 2.53 bits per heavy atom. The van der Waals surface area contributed by atoms with Crippen LogP contribution in [-0.4, -0.2) is 22.8 Å². The number of carbonyl (C=O) groups excluding carboxylic acids is 2. The molecule has 3 heteroatoms. The predicted molar refractivity (Wildman–Crippen MR) is 63.4 cm³/mol. The van der Waals surface area contributed by atoms with Gasteiger partial charge in [0.25, 0.3) is 0 Å². The first kappa shape index (κ1) is 10.5. The van der Waals surface area contributed by atoms with Gasteiger partial charge in [0.1, 0.15) is 0 Å². The molecule has 88 valence electrons. The fourth-order valence-electron chi connectivity index (χ4n) is 2.99. The molecule has 0 radical (unpaired) electrons. The molecule has 0 N–H and O–H groups in total. The average molecular weight is 229 g/mol. The highest BCUT2D eigenvalue weighted by Gasteiger charge is 2.47. The molecule has 0 aliphatic carbocycles. The quantitative estimate of drug-likeness (QED) is 0.691. The van der Waals surface area contributed by atoms with Crippen LogP contribution in [0.1, 0.15) is 36.3 Å². The Hall–Kier alpha value is -1.64. The van der Waals surface area contributed by atoms with E-state index in [2.05, 4.69) is 31.2 Å². The summed E-state index contributed by atoms with van der Waals surface area (Å²) in [6.07, 6.45) is 1.83. The van der Waals surface area contributed by atoms with Gasteiger partial charge in [-0.1, -0.05) is 29.8 Å². The Kier molecular flexibility index (Phi) is 2.28. The van der Waals surface area contributed by atoms with Crippen molar-refractivity contribution >= 4 is 11.8 Å². The molecule has 1 aromatic rings. The van der Waals surface area contributed by atoms with Gasteiger partial charge in [0.15, 0.2) is 0 Å². The Morgan fingerprint density at radius 2 is 1.82 bits per heavy atom. The van der Waals surface area contributed by atoms with Gasteiger partial charge in [0, 0.05) is 24.8 Å². The Labute approximate surface area is 100 Å². The molecule has 2 aliphatic heterocycles. The van der Waals surface area contributed by atoms with E-state index in [0.29, 0.717) is 12.8 Å². The number of hydrogen-bond acceptors (Lipinski definition) is 2. The number of aryl methyl sites for hydroxylation is 1. The summed E-state index contributed by atoms with van der Waals surface area (Å²) in [5.74, 6) is 0.215. The Morgan fingerprint density at radius 1 is 1.12 bits per heavy atom. The van der Waals surface area contributed by atoms with Crippen molar-refractivity contribution in [3.8, 4) is 0 Å². The van der Waals surface area contributed by atoms with Crippen LogP contribution in [-0.2, 0) is 9.59 Å². The first-order valence-corrected chi connectivity index (χ1v) is 6.08. The zero-order valence-electron chi connectivity index (χ0n) is 9.85. The third-order valence-corrected chi connectivity index (χ3v) is 3.89. The van der Waals surface area contributed by atoms with E-state index in [9.17, 15) is 9.59 Å². The van der Waals surface area contributed by atoms with Gasteiger partial charge >= 0.3 is 0 Å². The van der Waals surface area contributed by atoms with Crippen molar-refractivity contribution in [2.75, 3.05) is 0 Å². The van der Waals surface area contributed by atoms with Crippen LogP contribution in [0.3, 0.4) is 0 Å². The maximum absolute atomic E-state index is 11.8. The zero-order valence-corrected chi connectivity index (χ0v) is 9.85. The van der Waals surface area contributed by atoms with E-state index in [4.69, 9.17) is 0 Å². The smallest absolute Gasteiger partial charge is 0.230 e. The molecule has 0 spiro atoms. The van der Waals surface area contributed by atoms with Gasteiger partial charge in [-0.3, -0.25) is 14.5 Å². The molecule has 3 nitrogen and oxygen atoms in total. The molecule has 2 fully saturated rings. The lowest BCUT2D eigenvalue weighted by molar-refractivity contribution is -0.140. The van der Waals surface area contributed by atoms with Crippen LogP contribution in [0.5, 0.6) is 0 Å². The highest BCUT2D eigenvalue weighted by molar-refractivity contribution is 5.99. The summed E-state index contributed by atoms with van der Waals surface area (Å²) in [6, 6.07) is 8.41. The maximum Gasteiger partial charge on any atom is 0.230 e. The van der Waals surface area contributed by atoms with E-state index in [1.807, 2.05) is 0 Å². The fourth-order valence-corrected chi connectivity index (χ4v) is 2.99. The van der Waals surface area contributed by atoms with Gasteiger partial charge in [-0.25, -0.2) is 0 Å². The second kappa shape index (κ2) is 3.69. The summed E-state index contributed by atoms with van der Waals surface area (Å²) in [4.78, 5) is 24.9. The van der Waals surface area contributed by atoms with Gasteiger partial charge < -0.3 is 0 Å². The molecule has 2 atom stereocenters. The lowest BCUT2D eigenvalue weighted by Crippen LogP contribution is -2.32. The van der Waals surface area contributed by atoms with E-state index in [1.54, 1.807) is 0 Å². The minimum atomic E-state index is 0.00285. The molecule has 0 unspecified atom stereocenters. The lowest BCUT2D eigenvalue weighted by atomic mass is 9.90. The van der Waals surface area contributed by atoms with Crippen LogP contribution in [0.15, 0.2) is 24.3 Å². The number of amides is 2. The Bertz CT molecular complexity index is 478. The van der Waals surface area contributed by atoms with Crippen LogP contribution >= 0.6 is 0 Å². The van der Waals surface area contributed by atoms with Crippen molar-refractivity contribution < 1.29 is 9.59 Å². The van der Waals surface area contributed by atoms with E-state index < -0.39 is 0 Å². The van der Waals surface area contributed by atoms with Crippen molar-refractivity contribution in [3.63, 3.8) is 0 Å². The molecule has 2 heterocycles. The lowest BCUT2D eigenvalue weighted by Gasteiger charge is -2.19. The third kappa shape index (κ3) is 1.57. The van der Waals surface area contributed by atoms with Crippen LogP contribution < -0.4 is 0 Å². The molecular weight excluding hydrogens is 214 g/mol. The van der Waals surface area contributed by atoms with Crippen LogP contribution in [0.25, 0.3) is 0 Å². The van der Waals surface area contributed by atoms with Crippen molar-refractivity contribution in [1.29, 1.82) is 0 Å². The molecular formula is C14H15NO2. The normalized spacial score (nSPS) is 27.7. The molecule has 3 rings (SSSR count). The summed E-state index contributed by atoms with van der Waals surface area (Å²) < 4.78 is 0. The number of benzene rings is 1. The van der Waals surface area contributed by atoms with E-state index >= 15 is 0 Å². The molecule has 2 saturated heterocycles. The van der Waals surface area contributed by atoms with E-state index in [1.165, 1.54) is 16.0 Å². The first-order chi connectivity index (χ1) is 8.16. The molecule has 17 heavy (non-hydrogen) atoms. The number of carbonyl (C=O) groups is 2. The Balaban J connectivity index is 1.93. The maximum atomic E-state index is 11.8. The van der Waals surface area contributed by atoms with Crippen LogP contribution in [0.2, 0.25) is 0 Å². The molecule has 2 aliphatic rings. The monoisotopic (exact) mass is 229 g/mol. The fraction of sp³-hybridized carbons (Fsp3) is 0.429. The summed E-state index contributed by atoms with van der Waals surface area (Å²) in [6.45, 7) is 2.05. The number of imide groups is 1. The summed E-state index contributed by atoms with van der Waals surface area (Å²) >= 11 is 0. The van der Waals surface area contributed by atoms with Gasteiger partial charge in [-0.05, 0) is 18.9 Å². The molecule has 0 bridgehead atoms. The summed E-state index contributed by atoms with van der Waals surface area (Å²) in [5, 5.41) is 0. The third-order valence-electron chi connectivity index (χ3n) is 3.89. The van der Waals surface area contributed by atoms with Crippen LogP contribution in [0, 0.1) is 6.92 Å². The highest BCUT2D eigenvalue weighted by atomic mass is 16.2. The number of hydrogen-bond donors (Lipinski definition) is 0. The number of rotatable bonds is 1. The van der Waals surface area contributed by atoms with Gasteiger partial charge in [-0.15, -0.1) is 0 Å². The standard InChI is InChI=1S/C14H15NO2/c1-9-2-4-10(5-3-9)11-8-14(17)15-12(11)6-7-13(15)16/h2-5,11-12H,6-8H2,1H3/t11-,12+/m1/s1. The number of nitrogens with zero attached hydrogens (tertiary/aromatic N) is 1. The topological polar surface area (TPSA) is 37.4 Å². The van der Waals surface area contributed by atoms with Gasteiger partial charge in [0.2, 0.25) is 11.8 Å². The summed E-state index contributed by atoms with van der Waals surface area (Å²) in [7, 11) is 0. The van der Waals surface area contributed by atoms with Crippen molar-refractivity contribution in [3.05, 3.63) is 35.4 Å². The molecule has 2 amide bonds. The molecule has 1 aromatic carbocycles. The zero-order chi connectivity index (χ0) is 12.0. The predicted octanol–water partition coefficient (Wildman–Crippen LogP) is 2.00. The molecule has 0 saturated carbocycles. The van der Waals surface area contributed by atoms with Gasteiger partial charge in [0.05, 0.1) is 0 Å². The number of fused-ring (bicyclic) bond motifs is 1. The average Bonchev–Trinajstić information content (AvgIpc) is 2.83. The molecule has 0 aromatic heterocycles. The first-order valence-electron chi connectivity index (χ1n) is 6.08. The second-order valence-corrected chi connectivity index (χ2v) is 4.98. The van der Waals surface area contributed by atoms with Crippen molar-refractivity contribution in [2.24, 2.45) is 0 Å². The van der Waals surface area contributed by atoms with E-state index in [-0.39, 0.29) is 23.8 Å². The highest BCUT2D eigenvalue weighted by Crippen LogP contribution is 2.40. The second-order valence-electron chi connectivity index (χ2n) is 4.98. The minimum absolute atomic E-state index is 0.00285. The van der Waals surface area contributed by atoms with Crippen molar-refractivity contribution in [2.45, 2.75) is 38.1 Å². The largest absolute Gasteiger partial charge is 0.279 e. The van der Waals surface area contributed by atoms with Crippen molar-refractivity contribution in [1.82, 2.24) is 4.90 Å². The SMILES string of the molecule is Cc1ccc([C@H]2CC(=O)N3C(=O)CC[C@@H]23)cc1. The van der Waals surface area contributed by atoms with Crippen LogP contribution in [0.4, 0.5) is 0 Å². The van der Waals surface area contributed by atoms with E-state index in [0.717, 1.165) is 6.42 Å². The minimum Gasteiger partial charge on any atom is -0.279 e. The summed E-state index contributed by atoms with van der Waals surface area (Å²) in [5.41, 5.74) is 2.41.